The van der Waals surface area contributed by atoms with Gasteiger partial charge in [-0.15, -0.1) is 0 Å². The lowest BCUT2D eigenvalue weighted by Crippen LogP contribution is -2.41. The van der Waals surface area contributed by atoms with Gasteiger partial charge < -0.3 is 9.64 Å². The Labute approximate surface area is 133 Å². The van der Waals surface area contributed by atoms with E-state index in [1.807, 2.05) is 6.92 Å². The van der Waals surface area contributed by atoms with Crippen molar-refractivity contribution in [2.75, 3.05) is 39.3 Å². The van der Waals surface area contributed by atoms with Crippen molar-refractivity contribution in [3.8, 4) is 0 Å². The second kappa shape index (κ2) is 6.99. The first kappa shape index (κ1) is 15.8. The summed E-state index contributed by atoms with van der Waals surface area (Å²) in [6.45, 7) is 5.87. The van der Waals surface area contributed by atoms with Crippen LogP contribution in [0.25, 0.3) is 0 Å². The van der Waals surface area contributed by atoms with Crippen molar-refractivity contribution < 1.29 is 14.3 Å². The Morgan fingerprint density at radius 2 is 1.95 bits per heavy atom. The van der Waals surface area contributed by atoms with E-state index in [2.05, 4.69) is 9.80 Å². The third-order valence-corrected chi connectivity index (χ3v) is 5.61. The molecule has 5 nitrogen and oxygen atoms in total. The van der Waals surface area contributed by atoms with Crippen LogP contribution in [-0.4, -0.2) is 61.0 Å². The van der Waals surface area contributed by atoms with Crippen LogP contribution in [0.4, 0.5) is 0 Å². The molecule has 0 aromatic heterocycles. The van der Waals surface area contributed by atoms with Crippen molar-refractivity contribution in [2.45, 2.75) is 39.0 Å². The van der Waals surface area contributed by atoms with Crippen LogP contribution < -0.4 is 0 Å². The minimum absolute atomic E-state index is 0.157. The molecule has 2 aliphatic carbocycles. The summed E-state index contributed by atoms with van der Waals surface area (Å²) < 4.78 is 5.01. The van der Waals surface area contributed by atoms with E-state index in [4.69, 9.17) is 4.74 Å². The lowest BCUT2D eigenvalue weighted by Gasteiger charge is -2.28. The molecular formula is C17H28N2O3. The Morgan fingerprint density at radius 1 is 1.09 bits per heavy atom. The Balaban J connectivity index is 1.50. The fraction of sp³-hybridized carbons (Fsp3) is 0.882. The highest BCUT2D eigenvalue weighted by Gasteiger charge is 2.44. The van der Waals surface area contributed by atoms with Crippen molar-refractivity contribution >= 4 is 11.9 Å². The van der Waals surface area contributed by atoms with Crippen LogP contribution in [0.5, 0.6) is 0 Å². The molecule has 3 aliphatic rings. The number of rotatable bonds is 4. The van der Waals surface area contributed by atoms with Gasteiger partial charge in [0.05, 0.1) is 13.2 Å². The fourth-order valence-corrected chi connectivity index (χ4v) is 4.52. The molecule has 0 aromatic carbocycles. The number of hydrogen-bond donors (Lipinski definition) is 0. The fourth-order valence-electron chi connectivity index (χ4n) is 4.52. The smallest absolute Gasteiger partial charge is 0.320 e. The van der Waals surface area contributed by atoms with E-state index in [1.165, 1.54) is 19.3 Å². The minimum atomic E-state index is -0.157. The van der Waals surface area contributed by atoms with Gasteiger partial charge in [-0.3, -0.25) is 14.5 Å². The summed E-state index contributed by atoms with van der Waals surface area (Å²) in [5.74, 6) is 1.97. The zero-order valence-corrected chi connectivity index (χ0v) is 13.6. The highest BCUT2D eigenvalue weighted by atomic mass is 16.5. The van der Waals surface area contributed by atoms with Crippen LogP contribution in [0.15, 0.2) is 0 Å². The van der Waals surface area contributed by atoms with Gasteiger partial charge in [0.2, 0.25) is 5.91 Å². The van der Waals surface area contributed by atoms with Gasteiger partial charge in [-0.2, -0.15) is 0 Å². The van der Waals surface area contributed by atoms with Crippen LogP contribution >= 0.6 is 0 Å². The predicted octanol–water partition coefficient (Wildman–Crippen LogP) is 1.52. The van der Waals surface area contributed by atoms with Crippen molar-refractivity contribution in [1.82, 2.24) is 9.80 Å². The Morgan fingerprint density at radius 3 is 2.64 bits per heavy atom. The van der Waals surface area contributed by atoms with E-state index in [0.29, 0.717) is 25.0 Å². The minimum Gasteiger partial charge on any atom is -0.465 e. The zero-order chi connectivity index (χ0) is 15.5. The number of ether oxygens (including phenoxy) is 1. The summed E-state index contributed by atoms with van der Waals surface area (Å²) in [7, 11) is 0. The van der Waals surface area contributed by atoms with Crippen LogP contribution in [0.1, 0.15) is 39.0 Å². The van der Waals surface area contributed by atoms with E-state index in [9.17, 15) is 9.59 Å². The van der Waals surface area contributed by atoms with Crippen LogP contribution in [0.3, 0.4) is 0 Å². The third-order valence-electron chi connectivity index (χ3n) is 5.61. The van der Waals surface area contributed by atoms with Gasteiger partial charge in [0.15, 0.2) is 0 Å². The second-order valence-corrected chi connectivity index (χ2v) is 7.04. The molecule has 22 heavy (non-hydrogen) atoms. The van der Waals surface area contributed by atoms with Crippen LogP contribution in [-0.2, 0) is 14.3 Å². The van der Waals surface area contributed by atoms with Gasteiger partial charge in [-0.05, 0) is 44.4 Å². The molecule has 3 rings (SSSR count). The first-order valence-corrected chi connectivity index (χ1v) is 8.84. The average molecular weight is 308 g/mol. The summed E-state index contributed by atoms with van der Waals surface area (Å²) in [5, 5.41) is 0. The largest absolute Gasteiger partial charge is 0.465 e. The molecule has 3 atom stereocenters. The van der Waals surface area contributed by atoms with Gasteiger partial charge >= 0.3 is 5.97 Å². The van der Waals surface area contributed by atoms with Crippen LogP contribution in [0.2, 0.25) is 0 Å². The molecule has 124 valence electrons. The molecule has 5 heteroatoms. The lowest BCUT2D eigenvalue weighted by molar-refractivity contribution is -0.144. The number of fused-ring (bicyclic) bond motifs is 2. The summed E-state index contributed by atoms with van der Waals surface area (Å²) in [5.41, 5.74) is 0. The monoisotopic (exact) mass is 308 g/mol. The first-order valence-electron chi connectivity index (χ1n) is 8.84. The summed E-state index contributed by atoms with van der Waals surface area (Å²) in [6.07, 6.45) is 5.93. The number of amides is 1. The molecule has 3 fully saturated rings. The predicted molar refractivity (Wildman–Crippen MR) is 83.2 cm³/mol. The Kier molecular flexibility index (Phi) is 5.01. The Hall–Kier alpha value is -1.10. The molecule has 0 radical (unpaired) electrons. The molecule has 2 saturated carbocycles. The summed E-state index contributed by atoms with van der Waals surface area (Å²) in [4.78, 5) is 28.5. The van der Waals surface area contributed by atoms with Crippen LogP contribution in [0, 0.1) is 17.8 Å². The average Bonchev–Trinajstić information content (AvgIpc) is 3.05. The van der Waals surface area contributed by atoms with Crippen molar-refractivity contribution in [2.24, 2.45) is 17.8 Å². The third kappa shape index (κ3) is 3.45. The lowest BCUT2D eigenvalue weighted by atomic mass is 9.87. The second-order valence-electron chi connectivity index (χ2n) is 7.04. The van der Waals surface area contributed by atoms with E-state index in [-0.39, 0.29) is 11.9 Å². The quantitative estimate of drug-likeness (QED) is 0.739. The topological polar surface area (TPSA) is 49.9 Å². The highest BCUT2D eigenvalue weighted by Crippen LogP contribution is 2.48. The number of hydrogen-bond acceptors (Lipinski definition) is 4. The standard InChI is InChI=1S/C17H28N2O3/c1-2-22-16(20)12-18-6-3-7-19(9-8-18)17(21)15-11-13-4-5-14(15)10-13/h13-15H,2-12H2,1H3. The molecule has 1 aliphatic heterocycles. The highest BCUT2D eigenvalue weighted by molar-refractivity contribution is 5.79. The van der Waals surface area contributed by atoms with E-state index < -0.39 is 0 Å². The molecule has 0 N–H and O–H groups in total. The molecule has 1 saturated heterocycles. The number of esters is 1. The van der Waals surface area contributed by atoms with E-state index in [1.54, 1.807) is 0 Å². The molecule has 0 aromatic rings. The van der Waals surface area contributed by atoms with Gasteiger partial charge in [0.1, 0.15) is 0 Å². The van der Waals surface area contributed by atoms with E-state index >= 15 is 0 Å². The number of carbonyl (C=O) groups is 2. The maximum Gasteiger partial charge on any atom is 0.320 e. The molecule has 3 unspecified atom stereocenters. The maximum atomic E-state index is 12.8. The number of carbonyl (C=O) groups excluding carboxylic acids is 2. The molecule has 2 bridgehead atoms. The molecular weight excluding hydrogens is 280 g/mol. The molecule has 1 amide bonds. The maximum absolute atomic E-state index is 12.8. The van der Waals surface area contributed by atoms with Gasteiger partial charge in [0, 0.05) is 32.1 Å². The normalized spacial score (nSPS) is 32.0. The van der Waals surface area contributed by atoms with Crippen molar-refractivity contribution in [3.05, 3.63) is 0 Å². The Bertz CT molecular complexity index is 426. The van der Waals surface area contributed by atoms with Crippen molar-refractivity contribution in [1.29, 1.82) is 0 Å². The molecule has 1 heterocycles. The molecule has 0 spiro atoms. The first-order chi connectivity index (χ1) is 10.7. The summed E-state index contributed by atoms with van der Waals surface area (Å²) in [6, 6.07) is 0. The van der Waals surface area contributed by atoms with Gasteiger partial charge in [-0.25, -0.2) is 0 Å². The van der Waals surface area contributed by atoms with Crippen molar-refractivity contribution in [3.63, 3.8) is 0 Å². The SMILES string of the molecule is CCOC(=O)CN1CCCN(C(=O)C2CC3CCC2C3)CC1. The number of nitrogens with zero attached hydrogens (tertiary/aromatic N) is 2. The zero-order valence-electron chi connectivity index (χ0n) is 13.6. The van der Waals surface area contributed by atoms with Gasteiger partial charge in [-0.1, -0.05) is 6.42 Å². The van der Waals surface area contributed by atoms with E-state index in [0.717, 1.165) is 44.9 Å². The summed E-state index contributed by atoms with van der Waals surface area (Å²) >= 11 is 0. The van der Waals surface area contributed by atoms with Gasteiger partial charge in [0.25, 0.3) is 0 Å².